The number of hydrogen-bond donors (Lipinski definition) is 2. The molecular formula is C17H20N4O3. The maximum absolute atomic E-state index is 12.4. The van der Waals surface area contributed by atoms with E-state index in [9.17, 15) is 14.9 Å². The number of anilines is 1. The van der Waals surface area contributed by atoms with E-state index in [-0.39, 0.29) is 12.4 Å². The number of nitrogens with zero attached hydrogens (tertiary/aromatic N) is 2. The summed E-state index contributed by atoms with van der Waals surface area (Å²) in [6, 6.07) is 9.18. The third-order valence-electron chi connectivity index (χ3n) is 3.29. The summed E-state index contributed by atoms with van der Waals surface area (Å²) in [5.41, 5.74) is -0.776. The normalized spacial score (nSPS) is 13.8. The van der Waals surface area contributed by atoms with Crippen molar-refractivity contribution in [3.8, 4) is 6.07 Å². The number of imidazole rings is 1. The molecule has 0 fully saturated rings. The molecule has 1 amide bonds. The highest BCUT2D eigenvalue weighted by molar-refractivity contribution is 5.99. The summed E-state index contributed by atoms with van der Waals surface area (Å²) in [7, 11) is 0. The number of esters is 1. The van der Waals surface area contributed by atoms with Gasteiger partial charge < -0.3 is 9.72 Å². The summed E-state index contributed by atoms with van der Waals surface area (Å²) in [4.78, 5) is 31.6. The number of carbonyl (C=O) groups is 2. The van der Waals surface area contributed by atoms with Crippen molar-refractivity contribution in [2.24, 2.45) is 5.41 Å². The Kier molecular flexibility index (Phi) is 4.60. The molecule has 0 unspecified atom stereocenters. The second kappa shape index (κ2) is 6.32. The van der Waals surface area contributed by atoms with Gasteiger partial charge in [-0.2, -0.15) is 5.26 Å². The zero-order chi connectivity index (χ0) is 18.0. The smallest absolute Gasteiger partial charge is 0.308 e. The lowest BCUT2D eigenvalue weighted by Gasteiger charge is -2.23. The molecule has 0 aliphatic carbocycles. The van der Waals surface area contributed by atoms with Gasteiger partial charge in [-0.25, -0.2) is 4.98 Å². The Hall–Kier alpha value is -2.88. The first-order chi connectivity index (χ1) is 11.1. The van der Waals surface area contributed by atoms with Gasteiger partial charge in [-0.05, 0) is 39.8 Å². The Labute approximate surface area is 140 Å². The highest BCUT2D eigenvalue weighted by Crippen LogP contribution is 2.25. The second-order valence-electron chi connectivity index (χ2n) is 6.76. The number of aromatic amines is 1. The monoisotopic (exact) mass is 328 g/mol. The van der Waals surface area contributed by atoms with Gasteiger partial charge in [0.2, 0.25) is 11.9 Å². The van der Waals surface area contributed by atoms with Crippen LogP contribution in [0.1, 0.15) is 34.1 Å². The van der Waals surface area contributed by atoms with Crippen LogP contribution in [-0.2, 0) is 14.3 Å². The van der Waals surface area contributed by atoms with Crippen LogP contribution in [0.25, 0.3) is 11.0 Å². The summed E-state index contributed by atoms with van der Waals surface area (Å²) in [5.74, 6) is -0.993. The maximum atomic E-state index is 12.4. The van der Waals surface area contributed by atoms with Crippen LogP contribution in [0.2, 0.25) is 0 Å². The number of fused-ring (bicyclic) bond motifs is 1. The lowest BCUT2D eigenvalue weighted by Crippen LogP contribution is -2.36. The predicted octanol–water partition coefficient (Wildman–Crippen LogP) is 2.76. The van der Waals surface area contributed by atoms with E-state index in [4.69, 9.17) is 4.74 Å². The van der Waals surface area contributed by atoms with Crippen LogP contribution in [0, 0.1) is 16.7 Å². The first kappa shape index (κ1) is 17.5. The third-order valence-corrected chi connectivity index (χ3v) is 3.29. The van der Waals surface area contributed by atoms with Crippen molar-refractivity contribution in [1.29, 1.82) is 5.26 Å². The van der Waals surface area contributed by atoms with Crippen molar-refractivity contribution in [3.05, 3.63) is 24.3 Å². The number of benzene rings is 1. The number of ether oxygens (including phenoxy) is 1. The minimum Gasteiger partial charge on any atom is -0.460 e. The number of aromatic nitrogens is 2. The Morgan fingerprint density at radius 3 is 2.54 bits per heavy atom. The van der Waals surface area contributed by atoms with Gasteiger partial charge in [-0.3, -0.25) is 14.9 Å². The standard InChI is InChI=1S/C17H20N4O3/c1-16(2,3)24-13(22)9-17(4,10-18)14(23)21-15-19-11-7-5-6-8-12(11)20-15/h5-8H,9H2,1-4H3,(H2,19,20,21,23)/t17-/m1/s1. The Balaban J connectivity index is 2.12. The first-order valence-electron chi connectivity index (χ1n) is 7.52. The van der Waals surface area contributed by atoms with Gasteiger partial charge >= 0.3 is 5.97 Å². The molecule has 1 heterocycles. The molecule has 0 bridgehead atoms. The van der Waals surface area contributed by atoms with Crippen LogP contribution < -0.4 is 5.32 Å². The van der Waals surface area contributed by atoms with Crippen molar-refractivity contribution in [2.45, 2.75) is 39.7 Å². The van der Waals surface area contributed by atoms with Crippen molar-refractivity contribution in [3.63, 3.8) is 0 Å². The van der Waals surface area contributed by atoms with Crippen LogP contribution in [0.5, 0.6) is 0 Å². The summed E-state index contributed by atoms with van der Waals surface area (Å²) in [5, 5.41) is 11.9. The molecule has 7 nitrogen and oxygen atoms in total. The fourth-order valence-corrected chi connectivity index (χ4v) is 2.09. The van der Waals surface area contributed by atoms with E-state index in [1.807, 2.05) is 24.3 Å². The summed E-state index contributed by atoms with van der Waals surface area (Å²) < 4.78 is 5.19. The Morgan fingerprint density at radius 2 is 1.96 bits per heavy atom. The van der Waals surface area contributed by atoms with Crippen LogP contribution in [-0.4, -0.2) is 27.4 Å². The fourth-order valence-electron chi connectivity index (χ4n) is 2.09. The van der Waals surface area contributed by atoms with Gasteiger partial charge in [0, 0.05) is 0 Å². The second-order valence-corrected chi connectivity index (χ2v) is 6.76. The number of hydrogen-bond acceptors (Lipinski definition) is 5. The highest BCUT2D eigenvalue weighted by Gasteiger charge is 2.38. The van der Waals surface area contributed by atoms with E-state index < -0.39 is 22.9 Å². The van der Waals surface area contributed by atoms with Crippen molar-refractivity contribution in [2.75, 3.05) is 5.32 Å². The number of nitrogens with one attached hydrogen (secondary N) is 2. The van der Waals surface area contributed by atoms with E-state index in [1.165, 1.54) is 6.92 Å². The predicted molar refractivity (Wildman–Crippen MR) is 88.9 cm³/mol. The molecule has 2 N–H and O–H groups in total. The topological polar surface area (TPSA) is 108 Å². The average Bonchev–Trinajstić information content (AvgIpc) is 2.87. The van der Waals surface area contributed by atoms with Crippen molar-refractivity contribution >= 4 is 28.9 Å². The van der Waals surface area contributed by atoms with Crippen LogP contribution in [0.15, 0.2) is 24.3 Å². The van der Waals surface area contributed by atoms with Gasteiger partial charge in [0.25, 0.3) is 0 Å². The number of carbonyl (C=O) groups excluding carboxylic acids is 2. The third kappa shape index (κ3) is 4.10. The molecule has 2 rings (SSSR count). The quantitative estimate of drug-likeness (QED) is 0.839. The highest BCUT2D eigenvalue weighted by atomic mass is 16.6. The zero-order valence-electron chi connectivity index (χ0n) is 14.1. The van der Waals surface area contributed by atoms with E-state index in [1.54, 1.807) is 26.8 Å². The lowest BCUT2D eigenvalue weighted by atomic mass is 9.87. The Bertz CT molecular complexity index is 780. The maximum Gasteiger partial charge on any atom is 0.308 e. The number of amides is 1. The molecule has 2 aromatic rings. The van der Waals surface area contributed by atoms with Crippen molar-refractivity contribution in [1.82, 2.24) is 9.97 Å². The molecular weight excluding hydrogens is 308 g/mol. The largest absolute Gasteiger partial charge is 0.460 e. The van der Waals surface area contributed by atoms with Gasteiger partial charge in [0.15, 0.2) is 0 Å². The summed E-state index contributed by atoms with van der Waals surface area (Å²) in [6.45, 7) is 6.57. The lowest BCUT2D eigenvalue weighted by molar-refractivity contribution is -0.158. The van der Waals surface area contributed by atoms with Gasteiger partial charge in [-0.15, -0.1) is 0 Å². The molecule has 0 saturated carbocycles. The van der Waals surface area contributed by atoms with E-state index >= 15 is 0 Å². The van der Waals surface area contributed by atoms with Gasteiger partial charge in [-0.1, -0.05) is 12.1 Å². The first-order valence-corrected chi connectivity index (χ1v) is 7.52. The molecule has 24 heavy (non-hydrogen) atoms. The fraction of sp³-hybridized carbons (Fsp3) is 0.412. The summed E-state index contributed by atoms with van der Waals surface area (Å²) >= 11 is 0. The molecule has 1 aromatic carbocycles. The van der Waals surface area contributed by atoms with Crippen LogP contribution >= 0.6 is 0 Å². The molecule has 0 saturated heterocycles. The van der Waals surface area contributed by atoms with Crippen LogP contribution in [0.3, 0.4) is 0 Å². The molecule has 0 aliphatic heterocycles. The van der Waals surface area contributed by atoms with Gasteiger partial charge in [0.05, 0.1) is 23.5 Å². The number of rotatable bonds is 4. The minimum absolute atomic E-state index is 0.229. The number of H-pyrrole nitrogens is 1. The van der Waals surface area contributed by atoms with E-state index in [2.05, 4.69) is 15.3 Å². The molecule has 0 spiro atoms. The van der Waals surface area contributed by atoms with Crippen LogP contribution in [0.4, 0.5) is 5.95 Å². The SMILES string of the molecule is CC(C)(C)OC(=O)C[C@](C)(C#N)C(=O)Nc1nc2ccccc2[nH]1. The molecule has 1 atom stereocenters. The molecule has 126 valence electrons. The Morgan fingerprint density at radius 1 is 1.29 bits per heavy atom. The van der Waals surface area contributed by atoms with E-state index in [0.29, 0.717) is 5.52 Å². The van der Waals surface area contributed by atoms with E-state index in [0.717, 1.165) is 5.52 Å². The molecule has 0 aliphatic rings. The molecule has 1 aromatic heterocycles. The molecule has 0 radical (unpaired) electrons. The summed E-state index contributed by atoms with van der Waals surface area (Å²) in [6.07, 6.45) is -0.340. The molecule has 7 heteroatoms. The minimum atomic E-state index is -1.55. The number of nitriles is 1. The average molecular weight is 328 g/mol. The number of para-hydroxylation sites is 2. The van der Waals surface area contributed by atoms with Crippen molar-refractivity contribution < 1.29 is 14.3 Å². The van der Waals surface area contributed by atoms with Gasteiger partial charge in [0.1, 0.15) is 11.0 Å². The zero-order valence-corrected chi connectivity index (χ0v) is 14.1.